The van der Waals surface area contributed by atoms with Crippen molar-refractivity contribution in [1.82, 2.24) is 9.47 Å². The van der Waals surface area contributed by atoms with Crippen molar-refractivity contribution in [1.29, 1.82) is 5.26 Å². The van der Waals surface area contributed by atoms with E-state index in [9.17, 15) is 18.5 Å². The monoisotopic (exact) mass is 393 g/mol. The van der Waals surface area contributed by atoms with Crippen LogP contribution in [0.5, 0.6) is 0 Å². The lowest BCUT2D eigenvalue weighted by molar-refractivity contribution is -0.126. The number of rotatable bonds is 6. The number of aryl methyl sites for hydroxylation is 1. The van der Waals surface area contributed by atoms with Gasteiger partial charge >= 0.3 is 0 Å². The van der Waals surface area contributed by atoms with Gasteiger partial charge in [-0.15, -0.1) is 0 Å². The maximum absolute atomic E-state index is 12.7. The number of nitrogens with zero attached hydrogens (tertiary/aromatic N) is 3. The first-order valence-corrected chi connectivity index (χ1v) is 10.7. The highest BCUT2D eigenvalue weighted by atomic mass is 32.2. The predicted octanol–water partition coefficient (Wildman–Crippen LogP) is 1.86. The second-order valence-corrected chi connectivity index (χ2v) is 9.37. The van der Waals surface area contributed by atoms with Crippen molar-refractivity contribution in [3.63, 3.8) is 0 Å². The molecule has 1 amide bonds. The van der Waals surface area contributed by atoms with E-state index < -0.39 is 15.7 Å². The lowest BCUT2D eigenvalue weighted by Gasteiger charge is -2.23. The highest BCUT2D eigenvalue weighted by molar-refractivity contribution is 7.91. The summed E-state index contributed by atoms with van der Waals surface area (Å²) in [6, 6.07) is 3.66. The number of hydrogen-bond donors (Lipinski definition) is 0. The summed E-state index contributed by atoms with van der Waals surface area (Å²) in [5.74, 6) is -0.412. The minimum atomic E-state index is -3.10. The van der Waals surface area contributed by atoms with Crippen LogP contribution in [0.3, 0.4) is 0 Å². The molecule has 2 heterocycles. The smallest absolute Gasteiger partial charge is 0.264 e. The number of carbonyl (C=O) groups is 1. The predicted molar refractivity (Wildman–Crippen MR) is 104 cm³/mol. The fraction of sp³-hybridized carbons (Fsp3) is 0.579. The summed E-state index contributed by atoms with van der Waals surface area (Å²) in [5.41, 5.74) is 2.77. The minimum absolute atomic E-state index is 0.00134. The minimum Gasteiger partial charge on any atom is -0.383 e. The third kappa shape index (κ3) is 4.60. The van der Waals surface area contributed by atoms with Crippen molar-refractivity contribution in [2.75, 3.05) is 32.3 Å². The highest BCUT2D eigenvalue weighted by Crippen LogP contribution is 2.24. The highest BCUT2D eigenvalue weighted by Gasteiger charge is 2.33. The average Bonchev–Trinajstić information content (AvgIpc) is 3.10. The SMILES string of the molecule is COCC(C)n1c(C)cc(/C=C(\C#N)C(=O)N(C)C2CCS(=O)(=O)C2)c1C. The van der Waals surface area contributed by atoms with Crippen molar-refractivity contribution in [2.45, 2.75) is 39.3 Å². The molecule has 1 fully saturated rings. The van der Waals surface area contributed by atoms with Crippen LogP contribution in [0.15, 0.2) is 11.6 Å². The molecule has 0 aromatic carbocycles. The Labute approximate surface area is 161 Å². The number of hydrogen-bond acceptors (Lipinski definition) is 5. The largest absolute Gasteiger partial charge is 0.383 e. The van der Waals surface area contributed by atoms with Crippen LogP contribution in [0.25, 0.3) is 6.08 Å². The molecule has 2 rings (SSSR count). The summed E-state index contributed by atoms with van der Waals surface area (Å²) in [6.07, 6.45) is 1.99. The Bertz CT molecular complexity index is 893. The van der Waals surface area contributed by atoms with E-state index in [0.29, 0.717) is 13.0 Å². The summed E-state index contributed by atoms with van der Waals surface area (Å²) >= 11 is 0. The van der Waals surface area contributed by atoms with E-state index in [0.717, 1.165) is 17.0 Å². The number of amides is 1. The quantitative estimate of drug-likeness (QED) is 0.543. The van der Waals surface area contributed by atoms with Crippen LogP contribution in [0.4, 0.5) is 0 Å². The molecule has 8 heteroatoms. The van der Waals surface area contributed by atoms with Crippen LogP contribution in [0.1, 0.15) is 36.3 Å². The Morgan fingerprint density at radius 2 is 2.19 bits per heavy atom. The van der Waals surface area contributed by atoms with E-state index in [2.05, 4.69) is 4.57 Å². The van der Waals surface area contributed by atoms with Crippen molar-refractivity contribution in [2.24, 2.45) is 0 Å². The molecule has 1 aromatic heterocycles. The Morgan fingerprint density at radius 3 is 2.70 bits per heavy atom. The zero-order valence-electron chi connectivity index (χ0n) is 16.5. The van der Waals surface area contributed by atoms with Gasteiger partial charge < -0.3 is 14.2 Å². The summed E-state index contributed by atoms with van der Waals surface area (Å²) < 4.78 is 30.7. The van der Waals surface area contributed by atoms with E-state index in [4.69, 9.17) is 4.74 Å². The zero-order valence-corrected chi connectivity index (χ0v) is 17.3. The van der Waals surface area contributed by atoms with Gasteiger partial charge in [0.25, 0.3) is 5.91 Å². The summed E-state index contributed by atoms with van der Waals surface area (Å²) in [6.45, 7) is 6.52. The number of sulfone groups is 1. The molecule has 27 heavy (non-hydrogen) atoms. The summed E-state index contributed by atoms with van der Waals surface area (Å²) in [4.78, 5) is 14.1. The Kier molecular flexibility index (Phi) is 6.50. The van der Waals surface area contributed by atoms with Crippen LogP contribution in [0, 0.1) is 25.2 Å². The summed E-state index contributed by atoms with van der Waals surface area (Å²) in [7, 11) is 0.107. The van der Waals surface area contributed by atoms with Crippen LogP contribution < -0.4 is 0 Å². The normalized spacial score (nSPS) is 20.3. The maximum atomic E-state index is 12.7. The van der Waals surface area contributed by atoms with Crippen molar-refractivity contribution in [3.05, 3.63) is 28.6 Å². The van der Waals surface area contributed by atoms with Crippen molar-refractivity contribution in [3.8, 4) is 6.07 Å². The molecule has 1 aromatic rings. The van der Waals surface area contributed by atoms with Crippen molar-refractivity contribution < 1.29 is 17.9 Å². The molecule has 2 unspecified atom stereocenters. The van der Waals surface area contributed by atoms with Crippen LogP contribution in [0.2, 0.25) is 0 Å². The Morgan fingerprint density at radius 1 is 1.52 bits per heavy atom. The van der Waals surface area contributed by atoms with E-state index in [-0.39, 0.29) is 29.2 Å². The second-order valence-electron chi connectivity index (χ2n) is 7.14. The number of carbonyl (C=O) groups excluding carboxylic acids is 1. The van der Waals surface area contributed by atoms with Crippen molar-refractivity contribution >= 4 is 21.8 Å². The lowest BCUT2D eigenvalue weighted by Crippen LogP contribution is -2.38. The van der Waals surface area contributed by atoms with Gasteiger partial charge in [-0.25, -0.2) is 8.42 Å². The molecule has 0 aliphatic carbocycles. The van der Waals surface area contributed by atoms with Gasteiger partial charge in [-0.1, -0.05) is 0 Å². The first-order valence-electron chi connectivity index (χ1n) is 8.88. The summed E-state index contributed by atoms with van der Waals surface area (Å²) in [5, 5.41) is 9.50. The standard InChI is InChI=1S/C19H27N3O4S/c1-13-8-16(15(3)22(13)14(2)11-26-5)9-17(10-20)19(23)21(4)18-6-7-27(24,25)12-18/h8-9,14,18H,6-7,11-12H2,1-5H3/b17-9+. The second kappa shape index (κ2) is 8.28. The number of aromatic nitrogens is 1. The number of ether oxygens (including phenoxy) is 1. The topological polar surface area (TPSA) is 92.4 Å². The fourth-order valence-electron chi connectivity index (χ4n) is 3.68. The first kappa shape index (κ1) is 21.2. The maximum Gasteiger partial charge on any atom is 0.264 e. The van der Waals surface area contributed by atoms with E-state index in [1.54, 1.807) is 20.2 Å². The average molecular weight is 394 g/mol. The first-order chi connectivity index (χ1) is 12.6. The molecule has 0 bridgehead atoms. The Balaban J connectivity index is 2.30. The van der Waals surface area contributed by atoms with Gasteiger partial charge in [0.05, 0.1) is 24.2 Å². The molecule has 1 saturated heterocycles. The van der Waals surface area contributed by atoms with Gasteiger partial charge in [-0.05, 0) is 44.9 Å². The van der Waals surface area contributed by atoms with Gasteiger partial charge in [0.2, 0.25) is 0 Å². The molecular formula is C19H27N3O4S. The molecule has 2 atom stereocenters. The third-order valence-electron chi connectivity index (χ3n) is 5.10. The van der Waals surface area contributed by atoms with Crippen LogP contribution >= 0.6 is 0 Å². The fourth-order valence-corrected chi connectivity index (χ4v) is 5.45. The number of likely N-dealkylation sites (N-methyl/N-ethyl adjacent to an activating group) is 1. The zero-order chi connectivity index (χ0) is 20.4. The van der Waals surface area contributed by atoms with Gasteiger partial charge in [0.1, 0.15) is 11.6 Å². The lowest BCUT2D eigenvalue weighted by atomic mass is 10.1. The molecule has 0 saturated carbocycles. The molecule has 148 valence electrons. The molecule has 0 spiro atoms. The van der Waals surface area contributed by atoms with E-state index >= 15 is 0 Å². The third-order valence-corrected chi connectivity index (χ3v) is 6.85. The van der Waals surface area contributed by atoms with E-state index in [1.165, 1.54) is 4.90 Å². The molecule has 1 aliphatic heterocycles. The molecule has 0 N–H and O–H groups in total. The van der Waals surface area contributed by atoms with Crippen LogP contribution in [-0.2, 0) is 19.4 Å². The Hall–Kier alpha value is -2.11. The molecule has 1 aliphatic rings. The van der Waals surface area contributed by atoms with Gasteiger partial charge in [-0.2, -0.15) is 5.26 Å². The molecule has 0 radical (unpaired) electrons. The number of nitriles is 1. The van der Waals surface area contributed by atoms with Gasteiger partial charge in [-0.3, -0.25) is 4.79 Å². The van der Waals surface area contributed by atoms with Gasteiger partial charge in [0, 0.05) is 31.6 Å². The molecule has 7 nitrogen and oxygen atoms in total. The van der Waals surface area contributed by atoms with Crippen LogP contribution in [-0.4, -0.2) is 62.1 Å². The molecular weight excluding hydrogens is 366 g/mol. The van der Waals surface area contributed by atoms with Gasteiger partial charge in [0.15, 0.2) is 9.84 Å². The van der Waals surface area contributed by atoms with E-state index in [1.807, 2.05) is 32.9 Å². The number of methoxy groups -OCH3 is 1.